The number of rotatable bonds is 3. The van der Waals surface area contributed by atoms with Crippen LogP contribution in [0, 0.1) is 0 Å². The summed E-state index contributed by atoms with van der Waals surface area (Å²) >= 11 is 1.67. The van der Waals surface area contributed by atoms with Crippen LogP contribution >= 0.6 is 11.8 Å². The molecule has 1 saturated heterocycles. The fourth-order valence-corrected chi connectivity index (χ4v) is 3.40. The molecule has 0 bridgehead atoms. The topological polar surface area (TPSA) is 38.3 Å². The zero-order valence-electron chi connectivity index (χ0n) is 10.7. The van der Waals surface area contributed by atoms with E-state index < -0.39 is 0 Å². The second kappa shape index (κ2) is 5.13. The average Bonchev–Trinajstić information content (AvgIpc) is 2.85. The number of fused-ring (bicyclic) bond motifs is 1. The molecule has 3 rings (SSSR count). The molecule has 98 valence electrons. The summed E-state index contributed by atoms with van der Waals surface area (Å²) in [6.07, 6.45) is 0.765. The molecule has 0 saturated carbocycles. The normalized spacial score (nSPS) is 18.6. The average molecular weight is 273 g/mol. The zero-order chi connectivity index (χ0) is 13.2. The molecule has 1 atom stereocenters. The summed E-state index contributed by atoms with van der Waals surface area (Å²) < 4.78 is 5.39. The second-order valence-corrected chi connectivity index (χ2v) is 5.71. The van der Waals surface area contributed by atoms with Crippen molar-refractivity contribution in [2.75, 3.05) is 13.0 Å². The molecule has 0 aliphatic carbocycles. The Morgan fingerprint density at radius 1 is 1.26 bits per heavy atom. The highest BCUT2D eigenvalue weighted by Crippen LogP contribution is 2.31. The van der Waals surface area contributed by atoms with Gasteiger partial charge in [-0.05, 0) is 23.4 Å². The van der Waals surface area contributed by atoms with Crippen LogP contribution in [-0.4, -0.2) is 24.1 Å². The maximum atomic E-state index is 11.7. The Balaban J connectivity index is 2.02. The van der Waals surface area contributed by atoms with Gasteiger partial charge in [0.15, 0.2) is 0 Å². The van der Waals surface area contributed by atoms with Gasteiger partial charge in [0.1, 0.15) is 5.75 Å². The van der Waals surface area contributed by atoms with E-state index in [1.807, 2.05) is 18.2 Å². The van der Waals surface area contributed by atoms with E-state index in [-0.39, 0.29) is 11.2 Å². The van der Waals surface area contributed by atoms with Crippen LogP contribution in [0.2, 0.25) is 0 Å². The van der Waals surface area contributed by atoms with Crippen LogP contribution in [0.1, 0.15) is 5.56 Å². The first-order valence-electron chi connectivity index (χ1n) is 6.23. The minimum atomic E-state index is 0.0248. The third-order valence-electron chi connectivity index (χ3n) is 3.42. The SMILES string of the molecule is COc1ccc(CC2SCNC2=O)c2ccccc12. The van der Waals surface area contributed by atoms with Gasteiger partial charge in [-0.1, -0.05) is 30.3 Å². The first kappa shape index (κ1) is 12.4. The molecule has 0 radical (unpaired) electrons. The van der Waals surface area contributed by atoms with Gasteiger partial charge in [-0.25, -0.2) is 0 Å². The molecule has 1 aliphatic heterocycles. The first-order chi connectivity index (χ1) is 9.29. The lowest BCUT2D eigenvalue weighted by Crippen LogP contribution is -2.24. The quantitative estimate of drug-likeness (QED) is 0.934. The number of carbonyl (C=O) groups excluding carboxylic acids is 1. The van der Waals surface area contributed by atoms with Crippen molar-refractivity contribution in [1.29, 1.82) is 0 Å². The summed E-state index contributed by atoms with van der Waals surface area (Å²) in [4.78, 5) is 11.7. The monoisotopic (exact) mass is 273 g/mol. The van der Waals surface area contributed by atoms with E-state index in [1.54, 1.807) is 18.9 Å². The van der Waals surface area contributed by atoms with Crippen molar-refractivity contribution in [3.8, 4) is 5.75 Å². The van der Waals surface area contributed by atoms with Gasteiger partial charge in [-0.15, -0.1) is 11.8 Å². The smallest absolute Gasteiger partial charge is 0.234 e. The van der Waals surface area contributed by atoms with Gasteiger partial charge >= 0.3 is 0 Å². The highest BCUT2D eigenvalue weighted by atomic mass is 32.2. The highest BCUT2D eigenvalue weighted by Gasteiger charge is 2.25. The lowest BCUT2D eigenvalue weighted by atomic mass is 10.00. The fourth-order valence-electron chi connectivity index (χ4n) is 2.44. The number of nitrogens with one attached hydrogen (secondary N) is 1. The number of benzene rings is 2. The van der Waals surface area contributed by atoms with Gasteiger partial charge in [0.05, 0.1) is 18.2 Å². The van der Waals surface area contributed by atoms with Crippen molar-refractivity contribution in [1.82, 2.24) is 5.32 Å². The Labute approximate surface area is 116 Å². The molecule has 0 spiro atoms. The van der Waals surface area contributed by atoms with E-state index in [2.05, 4.69) is 23.5 Å². The molecule has 4 heteroatoms. The number of hydrogen-bond acceptors (Lipinski definition) is 3. The molecule has 1 heterocycles. The predicted octanol–water partition coefficient (Wildman–Crippen LogP) is 2.58. The summed E-state index contributed by atoms with van der Waals surface area (Å²) in [6, 6.07) is 12.2. The molecule has 1 unspecified atom stereocenters. The van der Waals surface area contributed by atoms with Crippen LogP contribution in [0.25, 0.3) is 10.8 Å². The van der Waals surface area contributed by atoms with Crippen molar-refractivity contribution in [2.24, 2.45) is 0 Å². The molecule has 2 aromatic rings. The van der Waals surface area contributed by atoms with Gasteiger partial charge in [0.25, 0.3) is 0 Å². The Hall–Kier alpha value is -1.68. The third-order valence-corrected chi connectivity index (χ3v) is 4.52. The Bertz CT molecular complexity index is 627. The molecular formula is C15H15NO2S. The number of amides is 1. The van der Waals surface area contributed by atoms with E-state index in [0.717, 1.165) is 23.4 Å². The van der Waals surface area contributed by atoms with Crippen molar-refractivity contribution in [3.63, 3.8) is 0 Å². The lowest BCUT2D eigenvalue weighted by molar-refractivity contribution is -0.119. The van der Waals surface area contributed by atoms with E-state index in [0.29, 0.717) is 0 Å². The second-order valence-electron chi connectivity index (χ2n) is 4.52. The molecular weight excluding hydrogens is 258 g/mol. The van der Waals surface area contributed by atoms with Crippen molar-refractivity contribution in [3.05, 3.63) is 42.0 Å². The first-order valence-corrected chi connectivity index (χ1v) is 7.28. The molecule has 1 amide bonds. The minimum Gasteiger partial charge on any atom is -0.496 e. The number of methoxy groups -OCH3 is 1. The molecule has 3 nitrogen and oxygen atoms in total. The van der Waals surface area contributed by atoms with Gasteiger partial charge < -0.3 is 10.1 Å². The Morgan fingerprint density at radius 3 is 2.74 bits per heavy atom. The number of thioether (sulfide) groups is 1. The van der Waals surface area contributed by atoms with E-state index in [4.69, 9.17) is 4.74 Å². The Kier molecular flexibility index (Phi) is 3.34. The van der Waals surface area contributed by atoms with Crippen LogP contribution in [0.5, 0.6) is 5.75 Å². The Morgan fingerprint density at radius 2 is 2.05 bits per heavy atom. The summed E-state index contributed by atoms with van der Waals surface area (Å²) in [6.45, 7) is 0. The van der Waals surface area contributed by atoms with Gasteiger partial charge in [-0.2, -0.15) is 0 Å². The maximum absolute atomic E-state index is 11.7. The maximum Gasteiger partial charge on any atom is 0.234 e. The van der Waals surface area contributed by atoms with Crippen LogP contribution < -0.4 is 10.1 Å². The van der Waals surface area contributed by atoms with Crippen LogP contribution in [0.15, 0.2) is 36.4 Å². The summed E-state index contributed by atoms with van der Waals surface area (Å²) in [5.41, 5.74) is 1.20. The van der Waals surface area contributed by atoms with Crippen molar-refractivity contribution < 1.29 is 9.53 Å². The molecule has 1 N–H and O–H groups in total. The summed E-state index contributed by atoms with van der Waals surface area (Å²) in [5, 5.41) is 5.16. The van der Waals surface area contributed by atoms with E-state index in [1.165, 1.54) is 10.9 Å². The summed E-state index contributed by atoms with van der Waals surface area (Å²) in [5.74, 6) is 1.74. The molecule has 2 aromatic carbocycles. The summed E-state index contributed by atoms with van der Waals surface area (Å²) in [7, 11) is 1.68. The third kappa shape index (κ3) is 2.28. The van der Waals surface area contributed by atoms with Gasteiger partial charge in [0.2, 0.25) is 5.91 Å². The zero-order valence-corrected chi connectivity index (χ0v) is 11.5. The molecule has 19 heavy (non-hydrogen) atoms. The highest BCUT2D eigenvalue weighted by molar-refractivity contribution is 8.01. The van der Waals surface area contributed by atoms with Crippen molar-refractivity contribution >= 4 is 28.4 Å². The van der Waals surface area contributed by atoms with Gasteiger partial charge in [0, 0.05) is 5.39 Å². The van der Waals surface area contributed by atoms with Gasteiger partial charge in [-0.3, -0.25) is 4.79 Å². The van der Waals surface area contributed by atoms with Crippen LogP contribution in [0.3, 0.4) is 0 Å². The van der Waals surface area contributed by atoms with Crippen molar-refractivity contribution in [2.45, 2.75) is 11.7 Å². The number of ether oxygens (including phenoxy) is 1. The fraction of sp³-hybridized carbons (Fsp3) is 0.267. The molecule has 1 aliphatic rings. The van der Waals surface area contributed by atoms with Crippen LogP contribution in [0.4, 0.5) is 0 Å². The lowest BCUT2D eigenvalue weighted by Gasteiger charge is -2.12. The largest absolute Gasteiger partial charge is 0.496 e. The molecule has 0 aromatic heterocycles. The van der Waals surface area contributed by atoms with E-state index >= 15 is 0 Å². The number of hydrogen-bond donors (Lipinski definition) is 1. The standard InChI is InChI=1S/C15H15NO2S/c1-18-13-7-6-10(8-14-15(17)16-9-19-14)11-4-2-3-5-12(11)13/h2-7,14H,8-9H2,1H3,(H,16,17). The van der Waals surface area contributed by atoms with Crippen LogP contribution in [-0.2, 0) is 11.2 Å². The number of carbonyl (C=O) groups is 1. The van der Waals surface area contributed by atoms with E-state index in [9.17, 15) is 4.79 Å². The minimum absolute atomic E-state index is 0.0248. The molecule has 1 fully saturated rings. The predicted molar refractivity (Wildman–Crippen MR) is 78.6 cm³/mol.